The number of aliphatic imine (C=N–C) groups is 1. The summed E-state index contributed by atoms with van der Waals surface area (Å²) in [7, 11) is 1.30. The molecule has 0 aromatic heterocycles. The molecule has 0 spiro atoms. The molecular weight excluding hydrogens is 300 g/mol. The van der Waals surface area contributed by atoms with Crippen molar-refractivity contribution in [1.82, 2.24) is 5.43 Å². The number of rotatable bonds is 4. The Kier molecular flexibility index (Phi) is 5.83. The van der Waals surface area contributed by atoms with Gasteiger partial charge in [-0.25, -0.2) is 10.2 Å². The van der Waals surface area contributed by atoms with Gasteiger partial charge in [0.2, 0.25) is 0 Å². The smallest absolute Gasteiger partial charge is 0.427 e. The SMILES string of the molecule is CC[C@H]1CN=C(Nc2ccc(/C(C)=N\NC(=O)OC)cc2)S1. The lowest BCUT2D eigenvalue weighted by Crippen LogP contribution is -2.18. The number of benzene rings is 1. The Morgan fingerprint density at radius 3 is 2.77 bits per heavy atom. The topological polar surface area (TPSA) is 75.1 Å². The van der Waals surface area contributed by atoms with Gasteiger partial charge in [0.15, 0.2) is 5.17 Å². The van der Waals surface area contributed by atoms with E-state index in [0.717, 1.165) is 29.4 Å². The zero-order valence-corrected chi connectivity index (χ0v) is 13.7. The molecule has 0 saturated heterocycles. The number of ether oxygens (including phenoxy) is 1. The van der Waals surface area contributed by atoms with E-state index in [9.17, 15) is 4.79 Å². The van der Waals surface area contributed by atoms with Crippen molar-refractivity contribution in [2.24, 2.45) is 10.1 Å². The summed E-state index contributed by atoms with van der Waals surface area (Å²) in [6.45, 7) is 4.88. The Morgan fingerprint density at radius 1 is 1.45 bits per heavy atom. The highest BCUT2D eigenvalue weighted by Gasteiger charge is 2.17. The van der Waals surface area contributed by atoms with Crippen LogP contribution in [0.25, 0.3) is 0 Å². The Hall–Kier alpha value is -2.02. The minimum absolute atomic E-state index is 0.584. The van der Waals surface area contributed by atoms with E-state index < -0.39 is 6.09 Å². The molecule has 2 N–H and O–H groups in total. The second-order valence-electron chi connectivity index (χ2n) is 4.80. The highest BCUT2D eigenvalue weighted by Crippen LogP contribution is 2.24. The quantitative estimate of drug-likeness (QED) is 0.660. The van der Waals surface area contributed by atoms with E-state index in [1.165, 1.54) is 7.11 Å². The van der Waals surface area contributed by atoms with E-state index in [4.69, 9.17) is 0 Å². The van der Waals surface area contributed by atoms with E-state index in [2.05, 4.69) is 32.5 Å². The first-order valence-electron chi connectivity index (χ1n) is 7.09. The van der Waals surface area contributed by atoms with Gasteiger partial charge in [-0.15, -0.1) is 0 Å². The monoisotopic (exact) mass is 320 g/mol. The maximum Gasteiger partial charge on any atom is 0.427 e. The molecule has 0 aliphatic carbocycles. The van der Waals surface area contributed by atoms with E-state index in [1.807, 2.05) is 31.2 Å². The Balaban J connectivity index is 1.94. The van der Waals surface area contributed by atoms with Gasteiger partial charge in [0.05, 0.1) is 19.4 Å². The van der Waals surface area contributed by atoms with E-state index in [-0.39, 0.29) is 0 Å². The molecule has 2 rings (SSSR count). The summed E-state index contributed by atoms with van der Waals surface area (Å²) < 4.78 is 4.47. The van der Waals surface area contributed by atoms with Crippen LogP contribution in [0.15, 0.2) is 34.4 Å². The third-order valence-electron chi connectivity index (χ3n) is 3.23. The average Bonchev–Trinajstić information content (AvgIpc) is 3.00. The number of amides is 1. The molecule has 0 unspecified atom stereocenters. The number of hydrogen-bond acceptors (Lipinski definition) is 6. The fourth-order valence-electron chi connectivity index (χ4n) is 1.86. The van der Waals surface area contributed by atoms with Crippen LogP contribution < -0.4 is 10.7 Å². The molecule has 1 aliphatic rings. The minimum Gasteiger partial charge on any atom is -0.452 e. The summed E-state index contributed by atoms with van der Waals surface area (Å²) in [5.41, 5.74) is 4.92. The number of thioether (sulfide) groups is 1. The first-order valence-corrected chi connectivity index (χ1v) is 7.97. The van der Waals surface area contributed by atoms with Gasteiger partial charge in [0, 0.05) is 10.9 Å². The van der Waals surface area contributed by atoms with Gasteiger partial charge in [-0.2, -0.15) is 5.10 Å². The molecule has 7 heteroatoms. The molecule has 0 radical (unpaired) electrons. The van der Waals surface area contributed by atoms with Crippen LogP contribution in [-0.4, -0.2) is 35.9 Å². The van der Waals surface area contributed by atoms with Crippen molar-refractivity contribution in [2.45, 2.75) is 25.5 Å². The molecular formula is C15H20N4O2S. The van der Waals surface area contributed by atoms with Crippen LogP contribution in [0.3, 0.4) is 0 Å². The van der Waals surface area contributed by atoms with Crippen molar-refractivity contribution in [1.29, 1.82) is 0 Å². The normalized spacial score (nSPS) is 17.9. The molecule has 22 heavy (non-hydrogen) atoms. The molecule has 1 heterocycles. The molecule has 1 aromatic carbocycles. The van der Waals surface area contributed by atoms with Crippen LogP contribution in [0.2, 0.25) is 0 Å². The number of hydrogen-bond donors (Lipinski definition) is 2. The number of carbonyl (C=O) groups is 1. The summed E-state index contributed by atoms with van der Waals surface area (Å²) >= 11 is 1.78. The van der Waals surface area contributed by atoms with Crippen LogP contribution in [0, 0.1) is 0 Å². The maximum atomic E-state index is 11.0. The van der Waals surface area contributed by atoms with Crippen LogP contribution in [-0.2, 0) is 4.74 Å². The van der Waals surface area contributed by atoms with Crippen LogP contribution in [0.5, 0.6) is 0 Å². The van der Waals surface area contributed by atoms with Crippen molar-refractivity contribution in [3.8, 4) is 0 Å². The molecule has 118 valence electrons. The number of methoxy groups -OCH3 is 1. The molecule has 1 aliphatic heterocycles. The Bertz CT molecular complexity index is 584. The van der Waals surface area contributed by atoms with Crippen molar-refractivity contribution < 1.29 is 9.53 Å². The number of anilines is 1. The lowest BCUT2D eigenvalue weighted by atomic mass is 10.1. The highest BCUT2D eigenvalue weighted by molar-refractivity contribution is 8.15. The first-order chi connectivity index (χ1) is 10.6. The van der Waals surface area contributed by atoms with E-state index >= 15 is 0 Å². The summed E-state index contributed by atoms with van der Waals surface area (Å²) in [6.07, 6.45) is 0.542. The number of nitrogens with zero attached hydrogens (tertiary/aromatic N) is 2. The van der Waals surface area contributed by atoms with Crippen LogP contribution >= 0.6 is 11.8 Å². The first kappa shape index (κ1) is 16.4. The zero-order valence-electron chi connectivity index (χ0n) is 12.9. The largest absolute Gasteiger partial charge is 0.452 e. The third-order valence-corrected chi connectivity index (χ3v) is 4.50. The second-order valence-corrected chi connectivity index (χ2v) is 6.09. The van der Waals surface area contributed by atoms with E-state index in [0.29, 0.717) is 11.0 Å². The fourth-order valence-corrected chi connectivity index (χ4v) is 2.81. The standard InChI is InChI=1S/C15H20N4O2S/c1-4-13-9-16-14(22-13)17-12-7-5-11(6-8-12)10(2)18-19-15(20)21-3/h5-8,13H,4,9H2,1-3H3,(H,16,17)(H,19,20)/b18-10-/t13-/m0/s1. The number of carbonyl (C=O) groups excluding carboxylic acids is 1. The molecule has 1 atom stereocenters. The fraction of sp³-hybridized carbons (Fsp3) is 0.400. The molecule has 1 aromatic rings. The second kappa shape index (κ2) is 7.84. The lowest BCUT2D eigenvalue weighted by Gasteiger charge is -2.08. The van der Waals surface area contributed by atoms with Crippen molar-refractivity contribution in [2.75, 3.05) is 19.0 Å². The molecule has 0 fully saturated rings. The maximum absolute atomic E-state index is 11.0. The van der Waals surface area contributed by atoms with Crippen molar-refractivity contribution in [3.63, 3.8) is 0 Å². The van der Waals surface area contributed by atoms with Gasteiger partial charge in [-0.1, -0.05) is 30.8 Å². The van der Waals surface area contributed by atoms with Gasteiger partial charge in [-0.3, -0.25) is 4.99 Å². The molecule has 0 bridgehead atoms. The summed E-state index contributed by atoms with van der Waals surface area (Å²) in [6, 6.07) is 7.82. The van der Waals surface area contributed by atoms with Gasteiger partial charge < -0.3 is 10.1 Å². The van der Waals surface area contributed by atoms with Gasteiger partial charge in [0.1, 0.15) is 0 Å². The van der Waals surface area contributed by atoms with Crippen molar-refractivity contribution >= 4 is 34.4 Å². The summed E-state index contributed by atoms with van der Waals surface area (Å²) in [4.78, 5) is 15.5. The highest BCUT2D eigenvalue weighted by atomic mass is 32.2. The van der Waals surface area contributed by atoms with Crippen LogP contribution in [0.1, 0.15) is 25.8 Å². The van der Waals surface area contributed by atoms with Crippen molar-refractivity contribution in [3.05, 3.63) is 29.8 Å². The minimum atomic E-state index is -0.584. The van der Waals surface area contributed by atoms with Gasteiger partial charge in [-0.05, 0) is 31.0 Å². The summed E-state index contributed by atoms with van der Waals surface area (Å²) in [5.74, 6) is 0. The number of hydrazone groups is 1. The van der Waals surface area contributed by atoms with Gasteiger partial charge in [0.25, 0.3) is 0 Å². The molecule has 0 saturated carbocycles. The van der Waals surface area contributed by atoms with E-state index in [1.54, 1.807) is 11.8 Å². The summed E-state index contributed by atoms with van der Waals surface area (Å²) in [5, 5.41) is 8.83. The number of amidine groups is 1. The average molecular weight is 320 g/mol. The predicted molar refractivity (Wildman–Crippen MR) is 91.8 cm³/mol. The zero-order chi connectivity index (χ0) is 15.9. The Labute approximate surface area is 134 Å². The molecule has 1 amide bonds. The third kappa shape index (κ3) is 4.49. The molecule has 6 nitrogen and oxygen atoms in total. The van der Waals surface area contributed by atoms with Crippen LogP contribution in [0.4, 0.5) is 10.5 Å². The number of nitrogens with one attached hydrogen (secondary N) is 2. The predicted octanol–water partition coefficient (Wildman–Crippen LogP) is 3.06. The Morgan fingerprint density at radius 2 is 2.18 bits per heavy atom. The lowest BCUT2D eigenvalue weighted by molar-refractivity contribution is 0.171. The van der Waals surface area contributed by atoms with Gasteiger partial charge >= 0.3 is 6.09 Å².